The zero-order valence-corrected chi connectivity index (χ0v) is 39.5. The predicted octanol–water partition coefficient (Wildman–Crippen LogP) is 19.1. The van der Waals surface area contributed by atoms with Crippen molar-refractivity contribution in [3.63, 3.8) is 0 Å². The van der Waals surface area contributed by atoms with E-state index < -0.39 is 0 Å². The van der Waals surface area contributed by atoms with E-state index in [1.54, 1.807) is 0 Å². The lowest BCUT2D eigenvalue weighted by Crippen LogP contribution is -2.17. The van der Waals surface area contributed by atoms with Crippen molar-refractivity contribution in [3.8, 4) is 44.5 Å². The van der Waals surface area contributed by atoms with Crippen molar-refractivity contribution in [2.75, 3.05) is 9.80 Å². The fourth-order valence-corrected chi connectivity index (χ4v) is 11.5. The fourth-order valence-electron chi connectivity index (χ4n) is 11.5. The molecule has 0 atom stereocenters. The molecular weight excluding hydrogens is 833 g/mol. The molecule has 0 amide bonds. The molecule has 1 fully saturated rings. The molecule has 0 bridgehead atoms. The molecule has 2 aliphatic rings. The van der Waals surface area contributed by atoms with Gasteiger partial charge in [-0.15, -0.1) is 0 Å². The first-order chi connectivity index (χ1) is 34.0. The molecule has 2 heteroatoms. The Morgan fingerprint density at radius 2 is 0.884 bits per heavy atom. The van der Waals surface area contributed by atoms with Crippen molar-refractivity contribution in [1.82, 2.24) is 0 Å². The summed E-state index contributed by atoms with van der Waals surface area (Å²) in [5.74, 6) is 0.627. The van der Waals surface area contributed by atoms with Gasteiger partial charge >= 0.3 is 0 Å². The maximum absolute atomic E-state index is 2.50. The van der Waals surface area contributed by atoms with Crippen LogP contribution in [0.15, 0.2) is 237 Å². The van der Waals surface area contributed by atoms with Crippen LogP contribution in [0.5, 0.6) is 0 Å². The van der Waals surface area contributed by atoms with Gasteiger partial charge in [0, 0.05) is 39.5 Å². The molecule has 0 aromatic heterocycles. The van der Waals surface area contributed by atoms with Gasteiger partial charge in [0.1, 0.15) is 0 Å². The van der Waals surface area contributed by atoms with E-state index in [-0.39, 0.29) is 5.41 Å². The van der Waals surface area contributed by atoms with E-state index in [4.69, 9.17) is 0 Å². The lowest BCUT2D eigenvalue weighted by Gasteiger charge is -2.31. The van der Waals surface area contributed by atoms with Gasteiger partial charge in [-0.2, -0.15) is 0 Å². The highest BCUT2D eigenvalue weighted by molar-refractivity contribution is 6.04. The molecule has 10 aromatic rings. The molecule has 0 N–H and O–H groups in total. The minimum absolute atomic E-state index is 0.143. The normalized spacial score (nSPS) is 14.0. The molecule has 0 unspecified atom stereocenters. The van der Waals surface area contributed by atoms with E-state index in [9.17, 15) is 0 Å². The van der Waals surface area contributed by atoms with Gasteiger partial charge in [-0.25, -0.2) is 0 Å². The summed E-state index contributed by atoms with van der Waals surface area (Å²) in [6.45, 7) is 4.76. The Hall–Kier alpha value is -7.94. The lowest BCUT2D eigenvalue weighted by atomic mass is 9.82. The molecular formula is C67H56N2. The molecule has 0 saturated heterocycles. The van der Waals surface area contributed by atoms with Crippen LogP contribution >= 0.6 is 0 Å². The summed E-state index contributed by atoms with van der Waals surface area (Å²) in [4.78, 5) is 4.90. The second-order valence-corrected chi connectivity index (χ2v) is 19.6. The van der Waals surface area contributed by atoms with E-state index in [2.05, 4.69) is 260 Å². The summed E-state index contributed by atoms with van der Waals surface area (Å²) in [5.41, 5.74) is 20.6. The van der Waals surface area contributed by atoms with Crippen molar-refractivity contribution >= 4 is 44.9 Å². The third-order valence-corrected chi connectivity index (χ3v) is 15.0. The van der Waals surface area contributed by atoms with Gasteiger partial charge < -0.3 is 9.80 Å². The zero-order chi connectivity index (χ0) is 46.3. The van der Waals surface area contributed by atoms with Crippen molar-refractivity contribution in [2.24, 2.45) is 0 Å². The third-order valence-electron chi connectivity index (χ3n) is 15.0. The number of hydrogen-bond acceptors (Lipinski definition) is 2. The Morgan fingerprint density at radius 1 is 0.348 bits per heavy atom. The maximum atomic E-state index is 2.50. The van der Waals surface area contributed by atoms with E-state index in [0.29, 0.717) is 5.92 Å². The summed E-state index contributed by atoms with van der Waals surface area (Å²) in [7, 11) is 0. The van der Waals surface area contributed by atoms with Crippen LogP contribution in [0, 0.1) is 0 Å². The van der Waals surface area contributed by atoms with Gasteiger partial charge in [-0.05, 0) is 157 Å². The number of hydrogen-bond donors (Lipinski definition) is 0. The second kappa shape index (κ2) is 17.9. The van der Waals surface area contributed by atoms with E-state index >= 15 is 0 Å². The molecule has 1 saturated carbocycles. The van der Waals surface area contributed by atoms with Gasteiger partial charge in [0.25, 0.3) is 0 Å². The maximum Gasteiger partial charge on any atom is 0.0488 e. The first kappa shape index (κ1) is 42.4. The Morgan fingerprint density at radius 3 is 1.58 bits per heavy atom. The summed E-state index contributed by atoms with van der Waals surface area (Å²) >= 11 is 0. The SMILES string of the molecule is CC1(C)c2ccccc2-c2ccc(N(c3ccc(C4CCCCC4)cc3)c3cc(-c4ccc(-c5ccc6ccccc6c5-c5ccccc5)cc4)cc(N(c4ccccc4)c4ccccc4)c3)cc21. The standard InChI is InChI=1S/C67H56N2/c1-67(2)64-30-18-17-29-62(64)63-42-40-57(46-65(63)67)69(56-38-35-48(36-39-56)47-19-7-3-8-20-47)59-44-53(43-58(45-59)68(54-24-11-5-12-25-54)55-26-13-6-14-27-55)49-31-33-51(34-32-49)61-41-37-50-21-15-16-28-60(50)66(61)52-22-9-4-10-23-52/h4-6,9-18,21-47H,3,7-8,19-20H2,1-2H3. The molecule has 2 aliphatic carbocycles. The van der Waals surface area contributed by atoms with E-state index in [0.717, 1.165) is 45.3 Å². The Labute approximate surface area is 407 Å². The van der Waals surface area contributed by atoms with E-state index in [1.165, 1.54) is 92.9 Å². The molecule has 0 spiro atoms. The average Bonchev–Trinajstić information content (AvgIpc) is 3.64. The number of rotatable bonds is 10. The summed E-state index contributed by atoms with van der Waals surface area (Å²) in [6, 6.07) is 87.8. The number of anilines is 6. The largest absolute Gasteiger partial charge is 0.310 e. The van der Waals surface area contributed by atoms with Crippen LogP contribution in [0.3, 0.4) is 0 Å². The van der Waals surface area contributed by atoms with Crippen LogP contribution in [-0.4, -0.2) is 0 Å². The molecule has 10 aromatic carbocycles. The first-order valence-electron chi connectivity index (χ1n) is 24.9. The van der Waals surface area contributed by atoms with Crippen molar-refractivity contribution in [2.45, 2.75) is 57.3 Å². The third kappa shape index (κ3) is 7.90. The quantitative estimate of drug-likeness (QED) is 0.135. The van der Waals surface area contributed by atoms with Crippen molar-refractivity contribution < 1.29 is 0 Å². The molecule has 0 aliphatic heterocycles. The monoisotopic (exact) mass is 888 g/mol. The van der Waals surface area contributed by atoms with Crippen LogP contribution in [0.2, 0.25) is 0 Å². The van der Waals surface area contributed by atoms with Gasteiger partial charge in [0.15, 0.2) is 0 Å². The molecule has 0 heterocycles. The average molecular weight is 889 g/mol. The highest BCUT2D eigenvalue weighted by atomic mass is 15.2. The molecule has 2 nitrogen and oxygen atoms in total. The number of fused-ring (bicyclic) bond motifs is 4. The van der Waals surface area contributed by atoms with Crippen LogP contribution < -0.4 is 9.80 Å². The number of para-hydroxylation sites is 2. The van der Waals surface area contributed by atoms with Gasteiger partial charge in [0.2, 0.25) is 0 Å². The number of benzene rings is 10. The topological polar surface area (TPSA) is 6.48 Å². The highest BCUT2D eigenvalue weighted by Gasteiger charge is 2.36. The van der Waals surface area contributed by atoms with Gasteiger partial charge in [0.05, 0.1) is 0 Å². The van der Waals surface area contributed by atoms with Crippen LogP contribution in [-0.2, 0) is 5.41 Å². The Balaban J connectivity index is 1.05. The fraction of sp³-hybridized carbons (Fsp3) is 0.134. The number of nitrogens with zero attached hydrogens (tertiary/aromatic N) is 2. The van der Waals surface area contributed by atoms with Crippen LogP contribution in [0.25, 0.3) is 55.3 Å². The minimum atomic E-state index is -0.143. The second-order valence-electron chi connectivity index (χ2n) is 19.6. The summed E-state index contributed by atoms with van der Waals surface area (Å²) < 4.78 is 0. The smallest absolute Gasteiger partial charge is 0.0488 e. The first-order valence-corrected chi connectivity index (χ1v) is 24.9. The predicted molar refractivity (Wildman–Crippen MR) is 293 cm³/mol. The van der Waals surface area contributed by atoms with Crippen LogP contribution in [0.1, 0.15) is 68.6 Å². The molecule has 69 heavy (non-hydrogen) atoms. The zero-order valence-electron chi connectivity index (χ0n) is 39.5. The molecule has 334 valence electrons. The van der Waals surface area contributed by atoms with Crippen molar-refractivity contribution in [3.05, 3.63) is 253 Å². The summed E-state index contributed by atoms with van der Waals surface area (Å²) in [6.07, 6.45) is 6.54. The van der Waals surface area contributed by atoms with Gasteiger partial charge in [-0.1, -0.05) is 203 Å². The summed E-state index contributed by atoms with van der Waals surface area (Å²) in [5, 5.41) is 2.50. The van der Waals surface area contributed by atoms with E-state index in [1.807, 2.05) is 0 Å². The highest BCUT2D eigenvalue weighted by Crippen LogP contribution is 2.52. The molecule has 0 radical (unpaired) electrons. The van der Waals surface area contributed by atoms with Gasteiger partial charge in [-0.3, -0.25) is 0 Å². The Bertz CT molecular complexity index is 3380. The van der Waals surface area contributed by atoms with Crippen LogP contribution in [0.4, 0.5) is 34.1 Å². The minimum Gasteiger partial charge on any atom is -0.310 e. The van der Waals surface area contributed by atoms with Crippen molar-refractivity contribution in [1.29, 1.82) is 0 Å². The molecule has 12 rings (SSSR count). The Kier molecular flexibility index (Phi) is 11.0. The lowest BCUT2D eigenvalue weighted by molar-refractivity contribution is 0.443.